The molecule has 0 spiro atoms. The summed E-state index contributed by atoms with van der Waals surface area (Å²) in [4.78, 5) is 4.01. The summed E-state index contributed by atoms with van der Waals surface area (Å²) in [7, 11) is 1.60. The Morgan fingerprint density at radius 1 is 1.24 bits per heavy atom. The summed E-state index contributed by atoms with van der Waals surface area (Å²) >= 11 is 6.86. The third kappa shape index (κ3) is 3.95. The fourth-order valence-electron chi connectivity index (χ4n) is 1.65. The number of benzene rings is 1. The van der Waals surface area contributed by atoms with Crippen molar-refractivity contribution >= 4 is 37.7 Å². The summed E-state index contributed by atoms with van der Waals surface area (Å²) in [6.45, 7) is 0.347. The Kier molecular flexibility index (Phi) is 5.19. The molecule has 0 saturated heterocycles. The number of halogens is 2. The van der Waals surface area contributed by atoms with E-state index in [1.165, 1.54) is 0 Å². The minimum Gasteiger partial charge on any atom is -0.496 e. The van der Waals surface area contributed by atoms with E-state index >= 15 is 0 Å². The number of rotatable bonds is 5. The van der Waals surface area contributed by atoms with E-state index in [9.17, 15) is 0 Å². The second-order valence-electron chi connectivity index (χ2n) is 4.17. The van der Waals surface area contributed by atoms with Crippen LogP contribution in [-0.2, 0) is 6.61 Å². The van der Waals surface area contributed by atoms with Gasteiger partial charge in [-0.05, 0) is 61.7 Å². The lowest BCUT2D eigenvalue weighted by molar-refractivity contribution is 0.303. The highest BCUT2D eigenvalue weighted by molar-refractivity contribution is 9.11. The van der Waals surface area contributed by atoms with Gasteiger partial charge in [0.15, 0.2) is 0 Å². The maximum absolute atomic E-state index is 7.38. The van der Waals surface area contributed by atoms with Crippen LogP contribution in [0.4, 0.5) is 0 Å². The topological polar surface area (TPSA) is 81.2 Å². The van der Waals surface area contributed by atoms with Crippen molar-refractivity contribution < 1.29 is 9.47 Å². The van der Waals surface area contributed by atoms with Crippen molar-refractivity contribution in [2.45, 2.75) is 6.61 Å². The molecule has 0 fully saturated rings. The second kappa shape index (κ2) is 6.91. The van der Waals surface area contributed by atoms with E-state index < -0.39 is 0 Å². The fourth-order valence-corrected chi connectivity index (χ4v) is 2.57. The monoisotopic (exact) mass is 413 g/mol. The van der Waals surface area contributed by atoms with Gasteiger partial charge in [0.1, 0.15) is 29.6 Å². The zero-order valence-corrected chi connectivity index (χ0v) is 14.4. The van der Waals surface area contributed by atoms with Crippen LogP contribution in [0, 0.1) is 5.41 Å². The number of amidine groups is 1. The molecule has 1 heterocycles. The molecule has 110 valence electrons. The Bertz CT molecular complexity index is 677. The molecule has 0 amide bonds. The molecule has 2 rings (SSSR count). The third-order valence-electron chi connectivity index (χ3n) is 2.70. The number of nitrogens with two attached hydrogens (primary N) is 1. The van der Waals surface area contributed by atoms with Gasteiger partial charge in [-0.2, -0.15) is 0 Å². The quantitative estimate of drug-likeness (QED) is 0.579. The van der Waals surface area contributed by atoms with Crippen molar-refractivity contribution in [2.24, 2.45) is 5.73 Å². The summed E-state index contributed by atoms with van der Waals surface area (Å²) < 4.78 is 12.6. The van der Waals surface area contributed by atoms with Crippen LogP contribution in [0.3, 0.4) is 0 Å². The number of ether oxygens (including phenoxy) is 2. The highest BCUT2D eigenvalue weighted by Crippen LogP contribution is 2.36. The number of methoxy groups -OCH3 is 1. The second-order valence-corrected chi connectivity index (χ2v) is 5.88. The predicted molar refractivity (Wildman–Crippen MR) is 88.0 cm³/mol. The first-order valence-electron chi connectivity index (χ1n) is 5.96. The van der Waals surface area contributed by atoms with Gasteiger partial charge in [-0.25, -0.2) is 0 Å². The normalized spacial score (nSPS) is 10.2. The van der Waals surface area contributed by atoms with Crippen molar-refractivity contribution in [1.82, 2.24) is 4.98 Å². The summed E-state index contributed by atoms with van der Waals surface area (Å²) in [6, 6.07) is 7.21. The van der Waals surface area contributed by atoms with Gasteiger partial charge in [0.2, 0.25) is 0 Å². The van der Waals surface area contributed by atoms with Crippen LogP contribution in [0.15, 0.2) is 39.4 Å². The van der Waals surface area contributed by atoms with Crippen LogP contribution in [0.1, 0.15) is 11.3 Å². The highest BCUT2D eigenvalue weighted by Gasteiger charge is 2.09. The van der Waals surface area contributed by atoms with E-state index in [0.717, 1.165) is 20.3 Å². The summed E-state index contributed by atoms with van der Waals surface area (Å²) in [5.74, 6) is 1.34. The van der Waals surface area contributed by atoms with E-state index in [2.05, 4.69) is 36.8 Å². The van der Waals surface area contributed by atoms with Crippen LogP contribution < -0.4 is 15.2 Å². The van der Waals surface area contributed by atoms with Crippen molar-refractivity contribution in [2.75, 3.05) is 7.11 Å². The Balaban J connectivity index is 2.15. The summed E-state index contributed by atoms with van der Waals surface area (Å²) in [5.41, 5.74) is 6.74. The van der Waals surface area contributed by atoms with Gasteiger partial charge in [-0.1, -0.05) is 0 Å². The van der Waals surface area contributed by atoms with Gasteiger partial charge in [-0.15, -0.1) is 0 Å². The molecule has 3 N–H and O–H groups in total. The maximum Gasteiger partial charge on any atom is 0.141 e. The third-order valence-corrected chi connectivity index (χ3v) is 3.94. The lowest BCUT2D eigenvalue weighted by atomic mass is 10.2. The molecule has 1 aromatic heterocycles. The summed E-state index contributed by atoms with van der Waals surface area (Å²) in [5, 5.41) is 7.38. The molecule has 21 heavy (non-hydrogen) atoms. The van der Waals surface area contributed by atoms with E-state index in [0.29, 0.717) is 18.1 Å². The van der Waals surface area contributed by atoms with Gasteiger partial charge < -0.3 is 15.2 Å². The standard InChI is InChI=1S/C14H13Br2N3O2/c1-20-12-5-10(16)13(6-9(12)15)21-7-8-2-3-19-11(4-8)14(17)18/h2-6H,7H2,1H3,(H3,17,18). The molecule has 0 atom stereocenters. The van der Waals surface area contributed by atoms with Gasteiger partial charge >= 0.3 is 0 Å². The molecule has 0 saturated carbocycles. The first-order chi connectivity index (χ1) is 10.0. The molecule has 0 aliphatic carbocycles. The minimum atomic E-state index is -0.0646. The van der Waals surface area contributed by atoms with E-state index in [-0.39, 0.29) is 5.84 Å². The number of aromatic nitrogens is 1. The first kappa shape index (κ1) is 15.8. The molecular weight excluding hydrogens is 402 g/mol. The maximum atomic E-state index is 7.38. The first-order valence-corrected chi connectivity index (χ1v) is 7.55. The number of pyridine rings is 1. The number of nitrogens with zero attached hydrogens (tertiary/aromatic N) is 1. The molecule has 0 radical (unpaired) electrons. The van der Waals surface area contributed by atoms with Crippen LogP contribution in [0.25, 0.3) is 0 Å². The van der Waals surface area contributed by atoms with E-state index in [1.54, 1.807) is 19.4 Å². The van der Waals surface area contributed by atoms with Gasteiger partial charge in [-0.3, -0.25) is 10.4 Å². The van der Waals surface area contributed by atoms with E-state index in [4.69, 9.17) is 20.6 Å². The van der Waals surface area contributed by atoms with E-state index in [1.807, 2.05) is 18.2 Å². The van der Waals surface area contributed by atoms with Crippen LogP contribution in [-0.4, -0.2) is 17.9 Å². The molecule has 0 aliphatic rings. The zero-order chi connectivity index (χ0) is 15.4. The molecule has 0 aliphatic heterocycles. The molecule has 0 unspecified atom stereocenters. The number of nitrogens with one attached hydrogen (secondary N) is 1. The molecule has 2 aromatic rings. The minimum absolute atomic E-state index is 0.0646. The lowest BCUT2D eigenvalue weighted by Crippen LogP contribution is -2.13. The fraction of sp³-hybridized carbons (Fsp3) is 0.143. The Hall–Kier alpha value is -1.60. The number of hydrogen-bond acceptors (Lipinski definition) is 4. The molecule has 7 heteroatoms. The SMILES string of the molecule is COc1cc(Br)c(OCc2ccnc(C(=N)N)c2)cc1Br. The van der Waals surface area contributed by atoms with Crippen LogP contribution in [0.5, 0.6) is 11.5 Å². The van der Waals surface area contributed by atoms with Crippen molar-refractivity contribution in [3.8, 4) is 11.5 Å². The van der Waals surface area contributed by atoms with Gasteiger partial charge in [0, 0.05) is 6.20 Å². The van der Waals surface area contributed by atoms with Crippen LogP contribution >= 0.6 is 31.9 Å². The number of nitrogen functional groups attached to an aromatic ring is 1. The molecule has 0 bridgehead atoms. The summed E-state index contributed by atoms with van der Waals surface area (Å²) in [6.07, 6.45) is 1.61. The van der Waals surface area contributed by atoms with Crippen LogP contribution in [0.2, 0.25) is 0 Å². The smallest absolute Gasteiger partial charge is 0.141 e. The number of hydrogen-bond donors (Lipinski definition) is 2. The molecule has 1 aromatic carbocycles. The molecule has 5 nitrogen and oxygen atoms in total. The van der Waals surface area contributed by atoms with Crippen molar-refractivity contribution in [1.29, 1.82) is 5.41 Å². The Morgan fingerprint density at radius 3 is 2.57 bits per heavy atom. The van der Waals surface area contributed by atoms with Gasteiger partial charge in [0.25, 0.3) is 0 Å². The lowest BCUT2D eigenvalue weighted by Gasteiger charge is -2.11. The van der Waals surface area contributed by atoms with Crippen molar-refractivity contribution in [3.63, 3.8) is 0 Å². The largest absolute Gasteiger partial charge is 0.496 e. The Morgan fingerprint density at radius 2 is 1.90 bits per heavy atom. The van der Waals surface area contributed by atoms with Gasteiger partial charge in [0.05, 0.1) is 16.1 Å². The average molecular weight is 415 g/mol. The predicted octanol–water partition coefficient (Wildman–Crippen LogP) is 3.48. The molecular formula is C14H13Br2N3O2. The van der Waals surface area contributed by atoms with Crippen molar-refractivity contribution in [3.05, 3.63) is 50.7 Å². The average Bonchev–Trinajstić information content (AvgIpc) is 2.48. The zero-order valence-electron chi connectivity index (χ0n) is 11.2. The Labute approximate surface area is 139 Å². The highest BCUT2D eigenvalue weighted by atomic mass is 79.9.